The van der Waals surface area contributed by atoms with Gasteiger partial charge in [0.25, 0.3) is 0 Å². The Morgan fingerprint density at radius 3 is 2.44 bits per heavy atom. The third-order valence-electron chi connectivity index (χ3n) is 2.31. The number of nitro groups is 1. The molecule has 8 heteroatoms. The number of rotatable bonds is 3. The average molecular weight is 253 g/mol. The maximum absolute atomic E-state index is 11.0. The Morgan fingerprint density at radius 1 is 1.50 bits per heavy atom. The fourth-order valence-electron chi connectivity index (χ4n) is 1.47. The summed E-state index contributed by atoms with van der Waals surface area (Å²) < 4.78 is 0. The number of nitro benzene ring substituents is 1. The SMILES string of the molecule is CC(=O)Nc1c(C)c(N)cc(C(=O)O)c1[N+](=O)[O-]. The van der Waals surface area contributed by atoms with Gasteiger partial charge in [0.05, 0.1) is 4.92 Å². The minimum Gasteiger partial charge on any atom is -0.477 e. The lowest BCUT2D eigenvalue weighted by Gasteiger charge is -2.11. The molecule has 0 aromatic heterocycles. The molecule has 0 saturated carbocycles. The molecule has 0 unspecified atom stereocenters. The van der Waals surface area contributed by atoms with Crippen molar-refractivity contribution in [1.82, 2.24) is 0 Å². The fourth-order valence-corrected chi connectivity index (χ4v) is 1.47. The van der Waals surface area contributed by atoms with Gasteiger partial charge in [0.1, 0.15) is 11.3 Å². The Morgan fingerprint density at radius 2 is 2.06 bits per heavy atom. The summed E-state index contributed by atoms with van der Waals surface area (Å²) in [6, 6.07) is 1.00. The Kier molecular flexibility index (Phi) is 3.50. The van der Waals surface area contributed by atoms with E-state index in [1.54, 1.807) is 0 Å². The molecule has 18 heavy (non-hydrogen) atoms. The average Bonchev–Trinajstić information content (AvgIpc) is 2.22. The van der Waals surface area contributed by atoms with Crippen molar-refractivity contribution in [1.29, 1.82) is 0 Å². The number of amides is 1. The number of nitrogens with one attached hydrogen (secondary N) is 1. The predicted octanol–water partition coefficient (Wildman–Crippen LogP) is 1.14. The number of benzene rings is 1. The van der Waals surface area contributed by atoms with Crippen LogP contribution in [0.5, 0.6) is 0 Å². The number of nitrogen functional groups attached to an aromatic ring is 1. The maximum Gasteiger partial charge on any atom is 0.342 e. The van der Waals surface area contributed by atoms with Gasteiger partial charge >= 0.3 is 11.7 Å². The van der Waals surface area contributed by atoms with Crippen molar-refractivity contribution in [2.45, 2.75) is 13.8 Å². The lowest BCUT2D eigenvalue weighted by atomic mass is 10.0. The van der Waals surface area contributed by atoms with E-state index in [9.17, 15) is 19.7 Å². The molecule has 0 radical (unpaired) electrons. The summed E-state index contributed by atoms with van der Waals surface area (Å²) >= 11 is 0. The summed E-state index contributed by atoms with van der Waals surface area (Å²) in [6.07, 6.45) is 0. The van der Waals surface area contributed by atoms with Crippen LogP contribution in [0, 0.1) is 17.0 Å². The number of hydrogen-bond acceptors (Lipinski definition) is 5. The molecule has 0 spiro atoms. The van der Waals surface area contributed by atoms with Crippen LogP contribution in [0.1, 0.15) is 22.8 Å². The van der Waals surface area contributed by atoms with Crippen LogP contribution >= 0.6 is 0 Å². The van der Waals surface area contributed by atoms with E-state index < -0.39 is 28.1 Å². The van der Waals surface area contributed by atoms with Crippen LogP contribution in [0.25, 0.3) is 0 Å². The first-order valence-electron chi connectivity index (χ1n) is 4.84. The smallest absolute Gasteiger partial charge is 0.342 e. The van der Waals surface area contributed by atoms with Gasteiger partial charge in [-0.15, -0.1) is 0 Å². The first-order chi connectivity index (χ1) is 8.25. The Labute approximate surface area is 102 Å². The molecule has 0 aliphatic heterocycles. The lowest BCUT2D eigenvalue weighted by Crippen LogP contribution is -2.14. The third kappa shape index (κ3) is 2.37. The van der Waals surface area contributed by atoms with Gasteiger partial charge < -0.3 is 16.2 Å². The molecular formula is C10H11N3O5. The van der Waals surface area contributed by atoms with E-state index in [1.165, 1.54) is 6.92 Å². The molecule has 1 aromatic rings. The highest BCUT2D eigenvalue weighted by Crippen LogP contribution is 2.35. The zero-order valence-corrected chi connectivity index (χ0v) is 9.68. The lowest BCUT2D eigenvalue weighted by molar-refractivity contribution is -0.384. The predicted molar refractivity (Wildman–Crippen MR) is 63.5 cm³/mol. The van der Waals surface area contributed by atoms with Crippen molar-refractivity contribution in [3.63, 3.8) is 0 Å². The first-order valence-corrected chi connectivity index (χ1v) is 4.84. The van der Waals surface area contributed by atoms with Crippen LogP contribution in [0.3, 0.4) is 0 Å². The van der Waals surface area contributed by atoms with Gasteiger partial charge in [0.15, 0.2) is 0 Å². The highest BCUT2D eigenvalue weighted by Gasteiger charge is 2.28. The second kappa shape index (κ2) is 4.70. The molecule has 0 atom stereocenters. The normalized spacial score (nSPS) is 9.89. The first kappa shape index (κ1) is 13.4. The van der Waals surface area contributed by atoms with E-state index in [4.69, 9.17) is 10.8 Å². The molecule has 1 amide bonds. The van der Waals surface area contributed by atoms with Crippen molar-refractivity contribution in [2.75, 3.05) is 11.1 Å². The largest absolute Gasteiger partial charge is 0.477 e. The van der Waals surface area contributed by atoms with Crippen molar-refractivity contribution >= 4 is 28.9 Å². The number of carbonyl (C=O) groups is 2. The molecule has 0 heterocycles. The van der Waals surface area contributed by atoms with Crippen LogP contribution in [0.15, 0.2) is 6.07 Å². The van der Waals surface area contributed by atoms with E-state index in [-0.39, 0.29) is 16.9 Å². The van der Waals surface area contributed by atoms with Crippen LogP contribution < -0.4 is 11.1 Å². The van der Waals surface area contributed by atoms with Crippen molar-refractivity contribution in [3.8, 4) is 0 Å². The summed E-state index contributed by atoms with van der Waals surface area (Å²) in [4.78, 5) is 32.0. The molecular weight excluding hydrogens is 242 g/mol. The van der Waals surface area contributed by atoms with Gasteiger partial charge in [0.2, 0.25) is 5.91 Å². The van der Waals surface area contributed by atoms with Crippen LogP contribution in [-0.2, 0) is 4.79 Å². The summed E-state index contributed by atoms with van der Waals surface area (Å²) in [7, 11) is 0. The minimum absolute atomic E-state index is 0.0572. The van der Waals surface area contributed by atoms with Gasteiger partial charge in [-0.1, -0.05) is 0 Å². The molecule has 0 saturated heterocycles. The van der Waals surface area contributed by atoms with E-state index in [0.29, 0.717) is 0 Å². The summed E-state index contributed by atoms with van der Waals surface area (Å²) in [5.74, 6) is -2.04. The van der Waals surface area contributed by atoms with Gasteiger partial charge in [-0.05, 0) is 13.0 Å². The zero-order valence-electron chi connectivity index (χ0n) is 9.68. The molecule has 96 valence electrons. The van der Waals surface area contributed by atoms with Crippen molar-refractivity contribution < 1.29 is 19.6 Å². The van der Waals surface area contributed by atoms with E-state index in [1.807, 2.05) is 0 Å². The zero-order chi connectivity index (χ0) is 14.0. The highest BCUT2D eigenvalue weighted by atomic mass is 16.6. The number of nitrogens with zero attached hydrogens (tertiary/aromatic N) is 1. The highest BCUT2D eigenvalue weighted by molar-refractivity contribution is 6.02. The van der Waals surface area contributed by atoms with Crippen LogP contribution in [-0.4, -0.2) is 21.9 Å². The van der Waals surface area contributed by atoms with Gasteiger partial charge in [-0.25, -0.2) is 4.79 Å². The second-order valence-electron chi connectivity index (χ2n) is 3.61. The Bertz CT molecular complexity index is 553. The van der Waals surface area contributed by atoms with E-state index >= 15 is 0 Å². The van der Waals surface area contributed by atoms with Gasteiger partial charge in [-0.3, -0.25) is 14.9 Å². The standard InChI is InChI=1S/C10H11N3O5/c1-4-7(11)3-6(10(15)16)9(13(17)18)8(4)12-5(2)14/h3H,11H2,1-2H3,(H,12,14)(H,15,16). The summed E-state index contributed by atoms with van der Waals surface area (Å²) in [6.45, 7) is 2.62. The quantitative estimate of drug-likeness (QED) is 0.420. The number of aromatic carboxylic acids is 1. The Hall–Kier alpha value is -2.64. The Balaban J connectivity index is 3.68. The van der Waals surface area contributed by atoms with Gasteiger partial charge in [0, 0.05) is 18.2 Å². The monoisotopic (exact) mass is 253 g/mol. The number of nitrogens with two attached hydrogens (primary N) is 1. The molecule has 0 aliphatic rings. The minimum atomic E-state index is -1.49. The molecule has 0 aliphatic carbocycles. The molecule has 0 bridgehead atoms. The molecule has 1 rings (SSSR count). The summed E-state index contributed by atoms with van der Waals surface area (Å²) in [5, 5.41) is 22.1. The number of carbonyl (C=O) groups excluding carboxylic acids is 1. The third-order valence-corrected chi connectivity index (χ3v) is 2.31. The fraction of sp³-hybridized carbons (Fsp3) is 0.200. The van der Waals surface area contributed by atoms with E-state index in [0.717, 1.165) is 13.0 Å². The molecule has 0 fully saturated rings. The molecule has 1 aromatic carbocycles. The van der Waals surface area contributed by atoms with Gasteiger partial charge in [-0.2, -0.15) is 0 Å². The van der Waals surface area contributed by atoms with Crippen LogP contribution in [0.2, 0.25) is 0 Å². The summed E-state index contributed by atoms with van der Waals surface area (Å²) in [5.41, 5.74) is 4.45. The number of carboxylic acids is 1. The number of anilines is 2. The van der Waals surface area contributed by atoms with Crippen molar-refractivity contribution in [3.05, 3.63) is 27.3 Å². The van der Waals surface area contributed by atoms with Crippen LogP contribution in [0.4, 0.5) is 17.1 Å². The number of hydrogen-bond donors (Lipinski definition) is 3. The topological polar surface area (TPSA) is 136 Å². The van der Waals surface area contributed by atoms with E-state index in [2.05, 4.69) is 5.32 Å². The second-order valence-corrected chi connectivity index (χ2v) is 3.61. The maximum atomic E-state index is 11.0. The molecule has 8 nitrogen and oxygen atoms in total. The van der Waals surface area contributed by atoms with Crippen molar-refractivity contribution in [2.24, 2.45) is 0 Å². The number of carboxylic acid groups (broad SMARTS) is 1. The molecule has 4 N–H and O–H groups in total.